The van der Waals surface area contributed by atoms with Crippen molar-refractivity contribution in [3.8, 4) is 11.3 Å². The summed E-state index contributed by atoms with van der Waals surface area (Å²) in [5.41, 5.74) is 0.170. The van der Waals surface area contributed by atoms with Crippen LogP contribution in [0.25, 0.3) is 11.3 Å². The van der Waals surface area contributed by atoms with E-state index >= 15 is 0 Å². The van der Waals surface area contributed by atoms with Crippen LogP contribution in [0.1, 0.15) is 23.6 Å². The second-order valence-electron chi connectivity index (χ2n) is 6.49. The molecule has 7 nitrogen and oxygen atoms in total. The number of aryl methyl sites for hydroxylation is 2. The summed E-state index contributed by atoms with van der Waals surface area (Å²) in [5.74, 6) is 0.498. The summed E-state index contributed by atoms with van der Waals surface area (Å²) in [6.07, 6.45) is 2.32. The molecule has 0 bridgehead atoms. The molecule has 4 rings (SSSR count). The van der Waals surface area contributed by atoms with Crippen molar-refractivity contribution in [2.75, 3.05) is 26.7 Å². The fraction of sp³-hybridized carbons (Fsp3) is 0.389. The van der Waals surface area contributed by atoms with E-state index in [4.69, 9.17) is 8.94 Å². The average Bonchev–Trinajstić information content (AvgIpc) is 3.30. The van der Waals surface area contributed by atoms with E-state index in [9.17, 15) is 8.78 Å². The van der Waals surface area contributed by atoms with Gasteiger partial charge in [0.05, 0.1) is 17.8 Å². The van der Waals surface area contributed by atoms with E-state index in [-0.39, 0.29) is 29.8 Å². The Morgan fingerprint density at radius 3 is 2.86 bits per heavy atom. The van der Waals surface area contributed by atoms with Gasteiger partial charge in [-0.3, -0.25) is 4.90 Å². The van der Waals surface area contributed by atoms with Gasteiger partial charge in [0, 0.05) is 38.5 Å². The van der Waals surface area contributed by atoms with E-state index in [1.807, 2.05) is 7.05 Å². The molecule has 1 aliphatic heterocycles. The third kappa shape index (κ3) is 4.37. The highest BCUT2D eigenvalue weighted by Gasteiger charge is 2.25. The highest BCUT2D eigenvalue weighted by molar-refractivity contribution is 5.85. The first-order valence-corrected chi connectivity index (χ1v) is 8.74. The Bertz CT molecular complexity index is 932. The maximum Gasteiger partial charge on any atom is 0.227 e. The van der Waals surface area contributed by atoms with Crippen molar-refractivity contribution in [2.24, 2.45) is 0 Å². The molecule has 1 fully saturated rings. The summed E-state index contributed by atoms with van der Waals surface area (Å²) in [4.78, 5) is 10.8. The van der Waals surface area contributed by atoms with Crippen LogP contribution in [0.2, 0.25) is 0 Å². The molecule has 150 valence electrons. The first-order valence-electron chi connectivity index (χ1n) is 8.74. The number of rotatable bonds is 5. The fourth-order valence-electron chi connectivity index (χ4n) is 3.05. The van der Waals surface area contributed by atoms with Crippen LogP contribution in [-0.2, 0) is 12.8 Å². The van der Waals surface area contributed by atoms with Gasteiger partial charge >= 0.3 is 0 Å². The molecular formula is C18H20ClF2N5O2. The van der Waals surface area contributed by atoms with Gasteiger partial charge in [-0.2, -0.15) is 4.98 Å². The Labute approximate surface area is 166 Å². The molecule has 3 heterocycles. The van der Waals surface area contributed by atoms with Crippen LogP contribution in [0, 0.1) is 11.6 Å². The smallest absolute Gasteiger partial charge is 0.227 e. The second-order valence-corrected chi connectivity index (χ2v) is 6.49. The number of nitrogens with zero attached hydrogens (tertiary/aromatic N) is 4. The summed E-state index contributed by atoms with van der Waals surface area (Å²) in [6, 6.07) is 3.41. The molecule has 1 saturated heterocycles. The number of aromatic nitrogens is 3. The first-order chi connectivity index (χ1) is 13.1. The van der Waals surface area contributed by atoms with Crippen molar-refractivity contribution < 1.29 is 17.7 Å². The molecule has 2 aromatic heterocycles. The molecule has 1 unspecified atom stereocenters. The SMILES string of the molecule is CN1CCNCC1c1noc(CCc2ncc(-c3ccc(F)cc3F)o2)n1.Cl. The van der Waals surface area contributed by atoms with E-state index < -0.39 is 11.6 Å². The molecule has 10 heteroatoms. The summed E-state index contributed by atoms with van der Waals surface area (Å²) in [7, 11) is 2.03. The number of halogens is 3. The maximum absolute atomic E-state index is 13.8. The minimum absolute atomic E-state index is 0. The molecule has 1 aliphatic rings. The van der Waals surface area contributed by atoms with Gasteiger partial charge < -0.3 is 14.3 Å². The lowest BCUT2D eigenvalue weighted by Gasteiger charge is -2.30. The molecule has 1 N–H and O–H groups in total. The van der Waals surface area contributed by atoms with Gasteiger partial charge in [0.1, 0.15) is 11.6 Å². The standard InChI is InChI=1S/C18H19F2N5O2.ClH/c1-25-7-6-21-9-14(25)18-23-17(27-24-18)5-4-16-22-10-15(26-16)12-3-2-11(19)8-13(12)20;/h2-3,8,10,14,21H,4-7,9H2,1H3;1H. The molecule has 1 atom stereocenters. The maximum atomic E-state index is 13.8. The minimum atomic E-state index is -0.690. The summed E-state index contributed by atoms with van der Waals surface area (Å²) in [5, 5.41) is 7.39. The zero-order chi connectivity index (χ0) is 18.8. The van der Waals surface area contributed by atoms with Crippen molar-refractivity contribution in [2.45, 2.75) is 18.9 Å². The van der Waals surface area contributed by atoms with Gasteiger partial charge in [-0.1, -0.05) is 5.16 Å². The third-order valence-electron chi connectivity index (χ3n) is 4.60. The normalized spacial score (nSPS) is 17.5. The van der Waals surface area contributed by atoms with Gasteiger partial charge in [0.25, 0.3) is 0 Å². The zero-order valence-corrected chi connectivity index (χ0v) is 16.0. The van der Waals surface area contributed by atoms with Crippen molar-refractivity contribution in [3.05, 3.63) is 53.6 Å². The quantitative estimate of drug-likeness (QED) is 0.691. The summed E-state index contributed by atoms with van der Waals surface area (Å²) >= 11 is 0. The number of oxazole rings is 1. The van der Waals surface area contributed by atoms with Crippen LogP contribution in [-0.4, -0.2) is 46.7 Å². The Hall–Kier alpha value is -2.36. The second kappa shape index (κ2) is 8.76. The lowest BCUT2D eigenvalue weighted by molar-refractivity contribution is 0.190. The molecule has 0 aliphatic carbocycles. The van der Waals surface area contributed by atoms with Crippen LogP contribution in [0.4, 0.5) is 8.78 Å². The van der Waals surface area contributed by atoms with Crippen LogP contribution in [0.15, 0.2) is 33.3 Å². The number of piperazine rings is 1. The molecular weight excluding hydrogens is 392 g/mol. The van der Waals surface area contributed by atoms with Crippen LogP contribution in [0.5, 0.6) is 0 Å². The lowest BCUT2D eigenvalue weighted by atomic mass is 10.2. The number of hydrogen-bond donors (Lipinski definition) is 1. The number of nitrogens with one attached hydrogen (secondary N) is 1. The average molecular weight is 412 g/mol. The Balaban J connectivity index is 0.00000225. The Morgan fingerprint density at radius 2 is 2.07 bits per heavy atom. The molecule has 0 saturated carbocycles. The van der Waals surface area contributed by atoms with E-state index in [1.54, 1.807) is 0 Å². The number of likely N-dealkylation sites (N-methyl/N-ethyl adjacent to an activating group) is 1. The van der Waals surface area contributed by atoms with Crippen molar-refractivity contribution in [3.63, 3.8) is 0 Å². The zero-order valence-electron chi connectivity index (χ0n) is 15.2. The summed E-state index contributed by atoms with van der Waals surface area (Å²) < 4.78 is 37.8. The Kier molecular flexibility index (Phi) is 6.38. The molecule has 0 spiro atoms. The molecule has 28 heavy (non-hydrogen) atoms. The topological polar surface area (TPSA) is 80.2 Å². The largest absolute Gasteiger partial charge is 0.441 e. The minimum Gasteiger partial charge on any atom is -0.441 e. The third-order valence-corrected chi connectivity index (χ3v) is 4.60. The monoisotopic (exact) mass is 411 g/mol. The molecule has 0 radical (unpaired) electrons. The van der Waals surface area contributed by atoms with E-state index in [0.29, 0.717) is 30.4 Å². The van der Waals surface area contributed by atoms with Gasteiger partial charge in [-0.05, 0) is 19.2 Å². The van der Waals surface area contributed by atoms with E-state index in [0.717, 1.165) is 25.7 Å². The highest BCUT2D eigenvalue weighted by atomic mass is 35.5. The van der Waals surface area contributed by atoms with Crippen molar-refractivity contribution in [1.82, 2.24) is 25.3 Å². The van der Waals surface area contributed by atoms with Crippen LogP contribution < -0.4 is 5.32 Å². The molecule has 1 aromatic carbocycles. The fourth-order valence-corrected chi connectivity index (χ4v) is 3.05. The van der Waals surface area contributed by atoms with Crippen LogP contribution >= 0.6 is 12.4 Å². The molecule has 0 amide bonds. The van der Waals surface area contributed by atoms with Gasteiger partial charge in [0.2, 0.25) is 5.89 Å². The predicted octanol–water partition coefficient (Wildman–Crippen LogP) is 2.79. The van der Waals surface area contributed by atoms with E-state index in [1.165, 1.54) is 18.3 Å². The summed E-state index contributed by atoms with van der Waals surface area (Å²) in [6.45, 7) is 2.65. The molecule has 3 aromatic rings. The van der Waals surface area contributed by atoms with Gasteiger partial charge in [0.15, 0.2) is 17.5 Å². The Morgan fingerprint density at radius 1 is 1.25 bits per heavy atom. The van der Waals surface area contributed by atoms with E-state index in [2.05, 4.69) is 25.3 Å². The van der Waals surface area contributed by atoms with Crippen molar-refractivity contribution in [1.29, 1.82) is 0 Å². The van der Waals surface area contributed by atoms with Gasteiger partial charge in [-0.15, -0.1) is 12.4 Å². The first kappa shape index (κ1) is 20.4. The van der Waals surface area contributed by atoms with Crippen molar-refractivity contribution >= 4 is 12.4 Å². The number of benzene rings is 1. The predicted molar refractivity (Wildman–Crippen MR) is 99.0 cm³/mol. The number of hydrogen-bond acceptors (Lipinski definition) is 7. The lowest BCUT2D eigenvalue weighted by Crippen LogP contribution is -2.44. The van der Waals surface area contributed by atoms with Gasteiger partial charge in [-0.25, -0.2) is 13.8 Å². The van der Waals surface area contributed by atoms with Crippen LogP contribution in [0.3, 0.4) is 0 Å². The highest BCUT2D eigenvalue weighted by Crippen LogP contribution is 2.25.